The first-order valence-electron chi connectivity index (χ1n) is 6.03. The van der Waals surface area contributed by atoms with Crippen molar-refractivity contribution < 1.29 is 13.2 Å². The predicted molar refractivity (Wildman–Crippen MR) is 74.7 cm³/mol. The van der Waals surface area contributed by atoms with Crippen LogP contribution in [0.4, 0.5) is 0 Å². The molecule has 0 radical (unpaired) electrons. The van der Waals surface area contributed by atoms with Gasteiger partial charge in [0.15, 0.2) is 0 Å². The van der Waals surface area contributed by atoms with Gasteiger partial charge in [-0.05, 0) is 25.0 Å². The van der Waals surface area contributed by atoms with E-state index >= 15 is 0 Å². The fraction of sp³-hybridized carbons (Fsp3) is 0.538. The first-order valence-corrected chi connectivity index (χ1v) is 8.51. The molecule has 0 aliphatic rings. The van der Waals surface area contributed by atoms with E-state index in [2.05, 4.69) is 0 Å². The van der Waals surface area contributed by atoms with Crippen molar-refractivity contribution in [2.75, 3.05) is 12.4 Å². The van der Waals surface area contributed by atoms with Gasteiger partial charge in [0.2, 0.25) is 9.05 Å². The summed E-state index contributed by atoms with van der Waals surface area (Å²) in [6.07, 6.45) is 1.70. The van der Waals surface area contributed by atoms with Crippen LogP contribution in [-0.4, -0.2) is 20.8 Å². The van der Waals surface area contributed by atoms with E-state index in [1.54, 1.807) is 0 Å². The molecule has 0 aliphatic carbocycles. The lowest BCUT2D eigenvalue weighted by atomic mass is 10.1. The standard InChI is InChI=1S/C13H19ClO3S/c1-3-6-12(10-18(14,15)16)9-17-13-8-5-4-7-11(13)2/h4-5,7-8,12H,3,6,9-10H2,1-2H3. The molecule has 0 aliphatic heterocycles. The molecule has 0 bridgehead atoms. The molecule has 0 heterocycles. The molecule has 1 atom stereocenters. The van der Waals surface area contributed by atoms with E-state index < -0.39 is 9.05 Å². The van der Waals surface area contributed by atoms with Crippen LogP contribution in [0, 0.1) is 12.8 Å². The molecular formula is C13H19ClO3S. The Morgan fingerprint density at radius 3 is 2.56 bits per heavy atom. The lowest BCUT2D eigenvalue weighted by molar-refractivity contribution is 0.251. The van der Waals surface area contributed by atoms with Gasteiger partial charge in [0, 0.05) is 16.6 Å². The number of hydrogen-bond acceptors (Lipinski definition) is 3. The van der Waals surface area contributed by atoms with Crippen LogP contribution >= 0.6 is 10.7 Å². The molecule has 1 aromatic carbocycles. The van der Waals surface area contributed by atoms with Crippen LogP contribution in [0.1, 0.15) is 25.3 Å². The summed E-state index contributed by atoms with van der Waals surface area (Å²) in [7, 11) is 1.83. The van der Waals surface area contributed by atoms with Crippen molar-refractivity contribution in [1.29, 1.82) is 0 Å². The molecule has 3 nitrogen and oxygen atoms in total. The van der Waals surface area contributed by atoms with Gasteiger partial charge in [0.05, 0.1) is 12.4 Å². The van der Waals surface area contributed by atoms with Gasteiger partial charge in [-0.2, -0.15) is 0 Å². The molecule has 1 aromatic rings. The van der Waals surface area contributed by atoms with Crippen LogP contribution < -0.4 is 4.74 Å². The summed E-state index contributed by atoms with van der Waals surface area (Å²) in [5.41, 5.74) is 1.04. The van der Waals surface area contributed by atoms with E-state index in [9.17, 15) is 8.42 Å². The first-order chi connectivity index (χ1) is 8.42. The van der Waals surface area contributed by atoms with Crippen LogP contribution in [0.25, 0.3) is 0 Å². The molecule has 0 saturated heterocycles. The van der Waals surface area contributed by atoms with Crippen LogP contribution in [0.3, 0.4) is 0 Å². The van der Waals surface area contributed by atoms with Crippen molar-refractivity contribution in [3.63, 3.8) is 0 Å². The summed E-state index contributed by atoms with van der Waals surface area (Å²) < 4.78 is 27.9. The van der Waals surface area contributed by atoms with Crippen molar-refractivity contribution in [1.82, 2.24) is 0 Å². The molecule has 0 saturated carbocycles. The zero-order valence-corrected chi connectivity index (χ0v) is 12.3. The number of benzene rings is 1. The highest BCUT2D eigenvalue weighted by Gasteiger charge is 2.17. The third-order valence-corrected chi connectivity index (χ3v) is 3.95. The second-order valence-electron chi connectivity index (χ2n) is 4.44. The minimum Gasteiger partial charge on any atom is -0.493 e. The number of ether oxygens (including phenoxy) is 1. The predicted octanol–water partition coefficient (Wildman–Crippen LogP) is 3.36. The number of rotatable bonds is 7. The Kier molecular flexibility index (Phi) is 5.96. The Labute approximate surface area is 114 Å². The average molecular weight is 291 g/mol. The van der Waals surface area contributed by atoms with E-state index in [1.165, 1.54) is 0 Å². The van der Waals surface area contributed by atoms with Crippen molar-refractivity contribution >= 4 is 19.7 Å². The van der Waals surface area contributed by atoms with Crippen molar-refractivity contribution in [2.24, 2.45) is 5.92 Å². The largest absolute Gasteiger partial charge is 0.493 e. The van der Waals surface area contributed by atoms with E-state index in [0.717, 1.165) is 24.2 Å². The van der Waals surface area contributed by atoms with Gasteiger partial charge in [0.25, 0.3) is 0 Å². The van der Waals surface area contributed by atoms with Gasteiger partial charge < -0.3 is 4.74 Å². The lowest BCUT2D eigenvalue weighted by Crippen LogP contribution is -2.19. The molecule has 5 heteroatoms. The maximum Gasteiger partial charge on any atom is 0.232 e. The fourth-order valence-corrected chi connectivity index (χ4v) is 3.19. The van der Waals surface area contributed by atoms with E-state index in [-0.39, 0.29) is 11.7 Å². The minimum absolute atomic E-state index is 0.0335. The fourth-order valence-electron chi connectivity index (χ4n) is 1.83. The van der Waals surface area contributed by atoms with Gasteiger partial charge in [-0.1, -0.05) is 31.5 Å². The summed E-state index contributed by atoms with van der Waals surface area (Å²) in [5.74, 6) is 0.705. The summed E-state index contributed by atoms with van der Waals surface area (Å²) >= 11 is 0. The van der Waals surface area contributed by atoms with Gasteiger partial charge in [0.1, 0.15) is 5.75 Å². The number of para-hydroxylation sites is 1. The van der Waals surface area contributed by atoms with Gasteiger partial charge in [-0.3, -0.25) is 0 Å². The highest BCUT2D eigenvalue weighted by atomic mass is 35.7. The Morgan fingerprint density at radius 1 is 1.33 bits per heavy atom. The Balaban J connectivity index is 2.60. The Morgan fingerprint density at radius 2 is 2.00 bits per heavy atom. The summed E-state index contributed by atoms with van der Waals surface area (Å²) in [6, 6.07) is 7.68. The monoisotopic (exact) mass is 290 g/mol. The van der Waals surface area contributed by atoms with E-state index in [1.807, 2.05) is 38.1 Å². The second-order valence-corrected chi connectivity index (χ2v) is 7.26. The topological polar surface area (TPSA) is 43.4 Å². The maximum absolute atomic E-state index is 11.1. The van der Waals surface area contributed by atoms with E-state index in [0.29, 0.717) is 6.61 Å². The maximum atomic E-state index is 11.1. The summed E-state index contributed by atoms with van der Waals surface area (Å²) in [6.45, 7) is 4.36. The molecule has 0 spiro atoms. The zero-order valence-electron chi connectivity index (χ0n) is 10.7. The third-order valence-electron chi connectivity index (χ3n) is 2.70. The lowest BCUT2D eigenvalue weighted by Gasteiger charge is -2.16. The van der Waals surface area contributed by atoms with E-state index in [4.69, 9.17) is 15.4 Å². The summed E-state index contributed by atoms with van der Waals surface area (Å²) in [5, 5.41) is 0. The summed E-state index contributed by atoms with van der Waals surface area (Å²) in [4.78, 5) is 0. The molecule has 18 heavy (non-hydrogen) atoms. The van der Waals surface area contributed by atoms with Crippen LogP contribution in [0.2, 0.25) is 0 Å². The van der Waals surface area contributed by atoms with Crippen molar-refractivity contribution in [3.05, 3.63) is 29.8 Å². The molecule has 102 valence electrons. The number of aryl methyl sites for hydroxylation is 1. The molecule has 0 N–H and O–H groups in total. The van der Waals surface area contributed by atoms with Gasteiger partial charge in [-0.15, -0.1) is 0 Å². The van der Waals surface area contributed by atoms with Gasteiger partial charge in [-0.25, -0.2) is 8.42 Å². The molecule has 0 fully saturated rings. The molecule has 1 rings (SSSR count). The highest BCUT2D eigenvalue weighted by Crippen LogP contribution is 2.19. The number of hydrogen-bond donors (Lipinski definition) is 0. The number of halogens is 1. The van der Waals surface area contributed by atoms with Crippen LogP contribution in [0.5, 0.6) is 5.75 Å². The van der Waals surface area contributed by atoms with Crippen LogP contribution in [0.15, 0.2) is 24.3 Å². The Bertz CT molecular complexity index is 471. The molecular weight excluding hydrogens is 272 g/mol. The smallest absolute Gasteiger partial charge is 0.232 e. The van der Waals surface area contributed by atoms with Gasteiger partial charge >= 0.3 is 0 Å². The normalized spacial score (nSPS) is 13.3. The SMILES string of the molecule is CCCC(COc1ccccc1C)CS(=O)(=O)Cl. The quantitative estimate of drug-likeness (QED) is 0.723. The highest BCUT2D eigenvalue weighted by molar-refractivity contribution is 8.13. The molecule has 0 amide bonds. The Hall–Kier alpha value is -0.740. The molecule has 0 aromatic heterocycles. The molecule has 1 unspecified atom stereocenters. The van der Waals surface area contributed by atoms with Crippen molar-refractivity contribution in [2.45, 2.75) is 26.7 Å². The zero-order chi connectivity index (χ0) is 13.6. The third kappa shape index (κ3) is 5.74. The first kappa shape index (κ1) is 15.3. The average Bonchev–Trinajstić information content (AvgIpc) is 2.26. The minimum atomic E-state index is -3.47. The van der Waals surface area contributed by atoms with Crippen LogP contribution in [-0.2, 0) is 9.05 Å². The van der Waals surface area contributed by atoms with Crippen molar-refractivity contribution in [3.8, 4) is 5.75 Å². The second kappa shape index (κ2) is 7.00.